The summed E-state index contributed by atoms with van der Waals surface area (Å²) < 4.78 is 0. The number of hydrogen-bond acceptors (Lipinski definition) is 2. The molecule has 2 unspecified atom stereocenters. The van der Waals surface area contributed by atoms with Crippen molar-refractivity contribution in [1.29, 1.82) is 0 Å². The molecule has 1 saturated heterocycles. The van der Waals surface area contributed by atoms with Crippen LogP contribution in [0.4, 0.5) is 0 Å². The highest BCUT2D eigenvalue weighted by Gasteiger charge is 2.19. The SMILES string of the molecule is CC(CC1CCCCN1)NCC1CCC1. The summed E-state index contributed by atoms with van der Waals surface area (Å²) in [6.45, 7) is 4.84. The van der Waals surface area contributed by atoms with Crippen LogP contribution in [0.25, 0.3) is 0 Å². The molecule has 2 aliphatic rings. The van der Waals surface area contributed by atoms with Gasteiger partial charge in [0.2, 0.25) is 0 Å². The Hall–Kier alpha value is -0.0800. The Morgan fingerprint density at radius 3 is 2.67 bits per heavy atom. The molecule has 0 aromatic heterocycles. The molecule has 2 heteroatoms. The van der Waals surface area contributed by atoms with Crippen molar-refractivity contribution in [2.24, 2.45) is 5.92 Å². The van der Waals surface area contributed by atoms with Gasteiger partial charge in [-0.2, -0.15) is 0 Å². The van der Waals surface area contributed by atoms with Crippen molar-refractivity contribution in [2.45, 2.75) is 64.0 Å². The average Bonchev–Trinajstić information content (AvgIpc) is 2.17. The van der Waals surface area contributed by atoms with Gasteiger partial charge in [-0.1, -0.05) is 12.8 Å². The third-order valence-corrected chi connectivity index (χ3v) is 4.03. The molecular formula is C13H26N2. The molecule has 0 bridgehead atoms. The summed E-state index contributed by atoms with van der Waals surface area (Å²) in [5, 5.41) is 7.32. The van der Waals surface area contributed by atoms with E-state index in [9.17, 15) is 0 Å². The number of rotatable bonds is 5. The highest BCUT2D eigenvalue weighted by molar-refractivity contribution is 4.79. The minimum Gasteiger partial charge on any atom is -0.314 e. The first-order chi connectivity index (χ1) is 7.34. The van der Waals surface area contributed by atoms with Crippen LogP contribution in [0.5, 0.6) is 0 Å². The van der Waals surface area contributed by atoms with E-state index in [-0.39, 0.29) is 0 Å². The topological polar surface area (TPSA) is 24.1 Å². The van der Waals surface area contributed by atoms with E-state index >= 15 is 0 Å². The second-order valence-electron chi connectivity index (χ2n) is 5.49. The van der Waals surface area contributed by atoms with Crippen LogP contribution in [0.15, 0.2) is 0 Å². The zero-order chi connectivity index (χ0) is 10.5. The summed E-state index contributed by atoms with van der Waals surface area (Å²) in [6.07, 6.45) is 9.88. The van der Waals surface area contributed by atoms with Gasteiger partial charge in [-0.15, -0.1) is 0 Å². The Balaban J connectivity index is 1.56. The van der Waals surface area contributed by atoms with Gasteiger partial charge in [0.15, 0.2) is 0 Å². The molecule has 0 radical (unpaired) electrons. The van der Waals surface area contributed by atoms with Gasteiger partial charge >= 0.3 is 0 Å². The fourth-order valence-corrected chi connectivity index (χ4v) is 2.70. The summed E-state index contributed by atoms with van der Waals surface area (Å²) >= 11 is 0. The Bertz CT molecular complexity index is 171. The van der Waals surface area contributed by atoms with E-state index in [1.165, 1.54) is 58.0 Å². The molecule has 1 aliphatic carbocycles. The van der Waals surface area contributed by atoms with Crippen LogP contribution in [0.1, 0.15) is 51.9 Å². The van der Waals surface area contributed by atoms with Gasteiger partial charge in [0.25, 0.3) is 0 Å². The summed E-state index contributed by atoms with van der Waals surface area (Å²) in [7, 11) is 0. The van der Waals surface area contributed by atoms with Crippen molar-refractivity contribution >= 4 is 0 Å². The monoisotopic (exact) mass is 210 g/mol. The third-order valence-electron chi connectivity index (χ3n) is 4.03. The van der Waals surface area contributed by atoms with Gasteiger partial charge in [-0.3, -0.25) is 0 Å². The van der Waals surface area contributed by atoms with Gasteiger partial charge in [-0.25, -0.2) is 0 Å². The maximum absolute atomic E-state index is 3.69. The first-order valence-electron chi connectivity index (χ1n) is 6.81. The van der Waals surface area contributed by atoms with Crippen LogP contribution in [-0.2, 0) is 0 Å². The van der Waals surface area contributed by atoms with E-state index < -0.39 is 0 Å². The van der Waals surface area contributed by atoms with Gasteiger partial charge in [0, 0.05) is 12.1 Å². The van der Waals surface area contributed by atoms with Gasteiger partial charge in [0.1, 0.15) is 0 Å². The molecular weight excluding hydrogens is 184 g/mol. The van der Waals surface area contributed by atoms with Gasteiger partial charge < -0.3 is 10.6 Å². The maximum atomic E-state index is 3.69. The third kappa shape index (κ3) is 3.76. The largest absolute Gasteiger partial charge is 0.314 e. The molecule has 1 saturated carbocycles. The van der Waals surface area contributed by atoms with E-state index in [0.29, 0.717) is 6.04 Å². The molecule has 2 N–H and O–H groups in total. The summed E-state index contributed by atoms with van der Waals surface area (Å²) in [5.41, 5.74) is 0. The Morgan fingerprint density at radius 2 is 2.07 bits per heavy atom. The molecule has 0 aromatic carbocycles. The fraction of sp³-hybridized carbons (Fsp3) is 1.00. The molecule has 1 heterocycles. The average molecular weight is 210 g/mol. The minimum absolute atomic E-state index is 0.696. The van der Waals surface area contributed by atoms with Crippen molar-refractivity contribution in [3.63, 3.8) is 0 Å². The lowest BCUT2D eigenvalue weighted by molar-refractivity contribution is 0.276. The highest BCUT2D eigenvalue weighted by Crippen LogP contribution is 2.25. The molecule has 88 valence electrons. The van der Waals surface area contributed by atoms with Crippen molar-refractivity contribution in [2.75, 3.05) is 13.1 Å². The highest BCUT2D eigenvalue weighted by atomic mass is 15.0. The van der Waals surface area contributed by atoms with Crippen molar-refractivity contribution in [3.8, 4) is 0 Å². The molecule has 2 nitrogen and oxygen atoms in total. The Labute approximate surface area is 94.2 Å². The molecule has 2 rings (SSSR count). The molecule has 0 spiro atoms. The van der Waals surface area contributed by atoms with E-state index in [0.717, 1.165) is 12.0 Å². The zero-order valence-corrected chi connectivity index (χ0v) is 10.1. The predicted octanol–water partition coefficient (Wildman–Crippen LogP) is 2.30. The van der Waals surface area contributed by atoms with Gasteiger partial charge in [-0.05, 0) is 58.0 Å². The first-order valence-corrected chi connectivity index (χ1v) is 6.81. The second-order valence-corrected chi connectivity index (χ2v) is 5.49. The summed E-state index contributed by atoms with van der Waals surface area (Å²) in [4.78, 5) is 0. The van der Waals surface area contributed by atoms with Crippen LogP contribution in [0.2, 0.25) is 0 Å². The first kappa shape index (κ1) is 11.4. The van der Waals surface area contributed by atoms with Crippen LogP contribution < -0.4 is 10.6 Å². The molecule has 2 fully saturated rings. The molecule has 15 heavy (non-hydrogen) atoms. The lowest BCUT2D eigenvalue weighted by atomic mass is 9.85. The van der Waals surface area contributed by atoms with Crippen LogP contribution in [0, 0.1) is 5.92 Å². The summed E-state index contributed by atoms with van der Waals surface area (Å²) in [5.74, 6) is 0.992. The van der Waals surface area contributed by atoms with Crippen LogP contribution in [-0.4, -0.2) is 25.2 Å². The predicted molar refractivity (Wildman–Crippen MR) is 65.1 cm³/mol. The second kappa shape index (κ2) is 5.86. The van der Waals surface area contributed by atoms with Crippen LogP contribution in [0.3, 0.4) is 0 Å². The Morgan fingerprint density at radius 1 is 1.20 bits per heavy atom. The molecule has 0 amide bonds. The van der Waals surface area contributed by atoms with E-state index in [1.807, 2.05) is 0 Å². The van der Waals surface area contributed by atoms with E-state index in [2.05, 4.69) is 17.6 Å². The van der Waals surface area contributed by atoms with E-state index in [4.69, 9.17) is 0 Å². The smallest absolute Gasteiger partial charge is 0.00817 e. The molecule has 1 aliphatic heterocycles. The fourth-order valence-electron chi connectivity index (χ4n) is 2.70. The summed E-state index contributed by atoms with van der Waals surface area (Å²) in [6, 6.07) is 1.48. The quantitative estimate of drug-likeness (QED) is 0.727. The molecule has 0 aromatic rings. The number of hydrogen-bond donors (Lipinski definition) is 2. The van der Waals surface area contributed by atoms with Crippen LogP contribution >= 0.6 is 0 Å². The lowest BCUT2D eigenvalue weighted by Gasteiger charge is -2.30. The minimum atomic E-state index is 0.696. The Kier molecular flexibility index (Phi) is 4.45. The van der Waals surface area contributed by atoms with Crippen molar-refractivity contribution < 1.29 is 0 Å². The maximum Gasteiger partial charge on any atom is 0.00817 e. The van der Waals surface area contributed by atoms with Gasteiger partial charge in [0.05, 0.1) is 0 Å². The van der Waals surface area contributed by atoms with Crippen molar-refractivity contribution in [1.82, 2.24) is 10.6 Å². The zero-order valence-electron chi connectivity index (χ0n) is 10.1. The standard InChI is InChI=1S/C13H26N2/c1-11(15-10-12-5-4-6-12)9-13-7-2-3-8-14-13/h11-15H,2-10H2,1H3. The lowest BCUT2D eigenvalue weighted by Crippen LogP contribution is -2.41. The normalized spacial score (nSPS) is 29.8. The molecule has 2 atom stereocenters. The van der Waals surface area contributed by atoms with E-state index in [1.54, 1.807) is 0 Å². The number of nitrogens with one attached hydrogen (secondary N) is 2. The number of piperidine rings is 1. The van der Waals surface area contributed by atoms with Crippen molar-refractivity contribution in [3.05, 3.63) is 0 Å².